The van der Waals surface area contributed by atoms with E-state index in [1.54, 1.807) is 11.3 Å². The molecule has 0 amide bonds. The zero-order valence-corrected chi connectivity index (χ0v) is 15.8. The third-order valence-corrected chi connectivity index (χ3v) is 6.62. The van der Waals surface area contributed by atoms with Gasteiger partial charge >= 0.3 is 0 Å². The predicted octanol–water partition coefficient (Wildman–Crippen LogP) is 4.47. The lowest BCUT2D eigenvalue weighted by atomic mass is 9.78. The van der Waals surface area contributed by atoms with Crippen molar-refractivity contribution in [3.05, 3.63) is 79.3 Å². The molecule has 26 heavy (non-hydrogen) atoms. The molecule has 0 spiro atoms. The number of nitrogens with zero attached hydrogens (tertiary/aromatic N) is 1. The minimum atomic E-state index is -0.0457. The molecule has 3 heterocycles. The largest absolute Gasteiger partial charge is 0.339 e. The summed E-state index contributed by atoms with van der Waals surface area (Å²) in [7, 11) is 0. The molecule has 2 aliphatic rings. The molecule has 2 aromatic heterocycles. The van der Waals surface area contributed by atoms with Crippen molar-refractivity contribution in [2.24, 2.45) is 0 Å². The van der Waals surface area contributed by atoms with Gasteiger partial charge in [-0.1, -0.05) is 42.1 Å². The molecule has 0 saturated carbocycles. The SMILES string of the molecule is CSc1nc2c(c(=O)[nH]1)C(c1cccs1)C1=C(N2)c2ccccc2CC1. The zero-order chi connectivity index (χ0) is 17.7. The fourth-order valence-corrected chi connectivity index (χ4v) is 5.21. The van der Waals surface area contributed by atoms with Crippen LogP contribution in [0, 0.1) is 0 Å². The first-order valence-electron chi connectivity index (χ1n) is 8.56. The van der Waals surface area contributed by atoms with Gasteiger partial charge in [0.15, 0.2) is 5.16 Å². The zero-order valence-electron chi connectivity index (χ0n) is 14.2. The topological polar surface area (TPSA) is 57.8 Å². The van der Waals surface area contributed by atoms with Gasteiger partial charge in [-0.3, -0.25) is 4.79 Å². The maximum atomic E-state index is 12.9. The maximum absolute atomic E-state index is 12.9. The highest BCUT2D eigenvalue weighted by atomic mass is 32.2. The lowest BCUT2D eigenvalue weighted by Crippen LogP contribution is -2.29. The second-order valence-corrected chi connectivity index (χ2v) is 8.24. The number of H-pyrrole nitrogens is 1. The van der Waals surface area contributed by atoms with E-state index in [0.29, 0.717) is 11.0 Å². The number of rotatable bonds is 2. The fraction of sp³-hybridized carbons (Fsp3) is 0.200. The van der Waals surface area contributed by atoms with E-state index in [9.17, 15) is 4.79 Å². The Morgan fingerprint density at radius 1 is 1.19 bits per heavy atom. The van der Waals surface area contributed by atoms with Crippen molar-refractivity contribution in [1.29, 1.82) is 0 Å². The van der Waals surface area contributed by atoms with Gasteiger partial charge in [0.05, 0.1) is 11.5 Å². The van der Waals surface area contributed by atoms with Crippen LogP contribution >= 0.6 is 23.1 Å². The maximum Gasteiger partial charge on any atom is 0.257 e. The van der Waals surface area contributed by atoms with E-state index in [4.69, 9.17) is 0 Å². The van der Waals surface area contributed by atoms with Gasteiger partial charge in [0.25, 0.3) is 5.56 Å². The first-order valence-corrected chi connectivity index (χ1v) is 10.7. The van der Waals surface area contributed by atoms with E-state index in [1.165, 1.54) is 33.3 Å². The fourth-order valence-electron chi connectivity index (χ4n) is 3.97. The van der Waals surface area contributed by atoms with E-state index in [-0.39, 0.29) is 11.5 Å². The molecule has 1 aliphatic carbocycles. The number of nitrogens with one attached hydrogen (secondary N) is 2. The molecule has 1 aliphatic heterocycles. The van der Waals surface area contributed by atoms with Crippen molar-refractivity contribution in [2.45, 2.75) is 23.9 Å². The molecular weight excluding hydrogens is 362 g/mol. The number of allylic oxidation sites excluding steroid dienone is 1. The Balaban J connectivity index is 1.79. The van der Waals surface area contributed by atoms with Gasteiger partial charge in [-0.25, -0.2) is 4.98 Å². The van der Waals surface area contributed by atoms with Crippen LogP contribution in [0.3, 0.4) is 0 Å². The molecule has 4 nitrogen and oxygen atoms in total. The number of aromatic nitrogens is 2. The molecule has 0 radical (unpaired) electrons. The third-order valence-electron chi connectivity index (χ3n) is 5.11. The molecule has 0 fully saturated rings. The summed E-state index contributed by atoms with van der Waals surface area (Å²) >= 11 is 3.15. The average Bonchev–Trinajstić information content (AvgIpc) is 3.20. The number of thiophene rings is 1. The van der Waals surface area contributed by atoms with Gasteiger partial charge in [0, 0.05) is 16.1 Å². The molecule has 1 unspecified atom stereocenters. The number of hydrogen-bond acceptors (Lipinski definition) is 5. The highest BCUT2D eigenvalue weighted by molar-refractivity contribution is 7.98. The summed E-state index contributed by atoms with van der Waals surface area (Å²) in [5.41, 5.74) is 5.69. The Hall–Kier alpha value is -2.31. The van der Waals surface area contributed by atoms with Crippen molar-refractivity contribution in [2.75, 3.05) is 11.6 Å². The second kappa shape index (κ2) is 6.14. The molecule has 6 heteroatoms. The number of benzene rings is 1. The Morgan fingerprint density at radius 3 is 2.88 bits per heavy atom. The predicted molar refractivity (Wildman–Crippen MR) is 108 cm³/mol. The molecule has 130 valence electrons. The van der Waals surface area contributed by atoms with Crippen LogP contribution in [0.15, 0.2) is 57.3 Å². The van der Waals surface area contributed by atoms with E-state index in [1.807, 2.05) is 6.26 Å². The van der Waals surface area contributed by atoms with Gasteiger partial charge < -0.3 is 10.3 Å². The summed E-state index contributed by atoms with van der Waals surface area (Å²) < 4.78 is 0. The third kappa shape index (κ3) is 2.36. The van der Waals surface area contributed by atoms with E-state index < -0.39 is 0 Å². The quantitative estimate of drug-likeness (QED) is 0.510. The number of thioether (sulfide) groups is 1. The van der Waals surface area contributed by atoms with E-state index >= 15 is 0 Å². The van der Waals surface area contributed by atoms with Crippen LogP contribution in [0.1, 0.15) is 33.9 Å². The Labute approximate surface area is 159 Å². The van der Waals surface area contributed by atoms with Crippen molar-refractivity contribution in [3.63, 3.8) is 0 Å². The van der Waals surface area contributed by atoms with Crippen LogP contribution in [0.5, 0.6) is 0 Å². The smallest absolute Gasteiger partial charge is 0.257 e. The van der Waals surface area contributed by atoms with Crippen LogP contribution in [0.4, 0.5) is 5.82 Å². The highest BCUT2D eigenvalue weighted by Crippen LogP contribution is 2.47. The summed E-state index contributed by atoms with van der Waals surface area (Å²) in [5.74, 6) is 0.661. The molecule has 0 saturated heterocycles. The minimum Gasteiger partial charge on any atom is -0.339 e. The summed E-state index contributed by atoms with van der Waals surface area (Å²) in [6.45, 7) is 0. The number of anilines is 1. The van der Waals surface area contributed by atoms with Gasteiger partial charge in [-0.05, 0) is 41.7 Å². The van der Waals surface area contributed by atoms with Crippen LogP contribution in [-0.2, 0) is 6.42 Å². The number of aryl methyl sites for hydroxylation is 1. The standard InChI is InChI=1S/C20H17N3OS2/c1-25-20-22-18-16(19(24)23-20)15(14-7-4-10-26-14)13-9-8-11-5-2-3-6-12(11)17(13)21-18/h2-7,10,15H,8-9H2,1H3,(H2,21,22,23,24). The van der Waals surface area contributed by atoms with Crippen LogP contribution in [-0.4, -0.2) is 16.2 Å². The van der Waals surface area contributed by atoms with E-state index in [2.05, 4.69) is 57.1 Å². The molecular formula is C20H17N3OS2. The number of fused-ring (bicyclic) bond motifs is 3. The van der Waals surface area contributed by atoms with Crippen molar-refractivity contribution in [1.82, 2.24) is 9.97 Å². The lowest BCUT2D eigenvalue weighted by molar-refractivity contribution is 0.782. The van der Waals surface area contributed by atoms with Gasteiger partial charge in [0.1, 0.15) is 5.82 Å². The highest BCUT2D eigenvalue weighted by Gasteiger charge is 2.36. The van der Waals surface area contributed by atoms with Crippen LogP contribution in [0.2, 0.25) is 0 Å². The molecule has 1 aromatic carbocycles. The summed E-state index contributed by atoms with van der Waals surface area (Å²) in [5, 5.41) is 6.22. The average molecular weight is 380 g/mol. The summed E-state index contributed by atoms with van der Waals surface area (Å²) in [6.07, 6.45) is 3.87. The Kier molecular flexibility index (Phi) is 3.76. The van der Waals surface area contributed by atoms with E-state index in [0.717, 1.165) is 24.1 Å². The van der Waals surface area contributed by atoms with Crippen LogP contribution in [0.25, 0.3) is 5.70 Å². The Morgan fingerprint density at radius 2 is 2.08 bits per heavy atom. The first kappa shape index (κ1) is 15.9. The molecule has 0 bridgehead atoms. The van der Waals surface area contributed by atoms with Crippen molar-refractivity contribution >= 4 is 34.6 Å². The molecule has 3 aromatic rings. The van der Waals surface area contributed by atoms with Crippen LogP contribution < -0.4 is 10.9 Å². The van der Waals surface area contributed by atoms with Crippen molar-refractivity contribution < 1.29 is 0 Å². The summed E-state index contributed by atoms with van der Waals surface area (Å²) in [6, 6.07) is 12.7. The normalized spacial score (nSPS) is 18.0. The number of aromatic amines is 1. The van der Waals surface area contributed by atoms with Gasteiger partial charge in [0.2, 0.25) is 0 Å². The summed E-state index contributed by atoms with van der Waals surface area (Å²) in [4.78, 5) is 21.7. The first-order chi connectivity index (χ1) is 12.8. The monoisotopic (exact) mass is 379 g/mol. The minimum absolute atomic E-state index is 0.0261. The lowest BCUT2D eigenvalue weighted by Gasteiger charge is -2.34. The number of hydrogen-bond donors (Lipinski definition) is 2. The van der Waals surface area contributed by atoms with Gasteiger partial charge in [-0.15, -0.1) is 11.3 Å². The molecule has 1 atom stereocenters. The Bertz CT molecular complexity index is 1080. The molecule has 5 rings (SSSR count). The molecule has 2 N–H and O–H groups in total. The van der Waals surface area contributed by atoms with Crippen molar-refractivity contribution in [3.8, 4) is 0 Å². The van der Waals surface area contributed by atoms with Gasteiger partial charge in [-0.2, -0.15) is 0 Å². The second-order valence-electron chi connectivity index (χ2n) is 6.47.